The number of nitrogens with zero attached hydrogens (tertiary/aromatic N) is 1. The minimum atomic E-state index is 0.350. The highest BCUT2D eigenvalue weighted by Gasteiger charge is 2.04. The molecule has 0 spiro atoms. The molecule has 1 aromatic carbocycles. The lowest BCUT2D eigenvalue weighted by Gasteiger charge is -2.01. The number of nitriles is 1. The Balaban J connectivity index is 2.46. The second kappa shape index (κ2) is 3.62. The molecule has 1 heterocycles. The van der Waals surface area contributed by atoms with Gasteiger partial charge in [0.1, 0.15) is 11.8 Å². The highest BCUT2D eigenvalue weighted by Crippen LogP contribution is 2.23. The van der Waals surface area contributed by atoms with Crippen LogP contribution in [0.4, 0.5) is 0 Å². The molecule has 0 saturated carbocycles. The maximum absolute atomic E-state index is 8.65. The van der Waals surface area contributed by atoms with E-state index in [0.29, 0.717) is 5.76 Å². The molecule has 74 valence electrons. The Hall–Kier alpha value is -2.01. The van der Waals surface area contributed by atoms with Crippen molar-refractivity contribution in [1.82, 2.24) is 0 Å². The average Bonchev–Trinajstić information content (AvgIpc) is 2.70. The van der Waals surface area contributed by atoms with Crippen molar-refractivity contribution in [2.75, 3.05) is 0 Å². The van der Waals surface area contributed by atoms with Gasteiger partial charge in [-0.15, -0.1) is 0 Å². The number of aryl methyl sites for hydroxylation is 2. The summed E-state index contributed by atoms with van der Waals surface area (Å²) in [6, 6.07) is 11.6. The lowest BCUT2D eigenvalue weighted by atomic mass is 10.1. The Labute approximate surface area is 88.8 Å². The van der Waals surface area contributed by atoms with Gasteiger partial charge in [-0.1, -0.05) is 12.1 Å². The summed E-state index contributed by atoms with van der Waals surface area (Å²) in [6.07, 6.45) is 0. The van der Waals surface area contributed by atoms with E-state index < -0.39 is 0 Å². The first kappa shape index (κ1) is 9.54. The van der Waals surface area contributed by atoms with E-state index in [2.05, 4.69) is 26.0 Å². The molecule has 0 aliphatic rings. The van der Waals surface area contributed by atoms with E-state index in [9.17, 15) is 0 Å². The summed E-state index contributed by atoms with van der Waals surface area (Å²) in [6.45, 7) is 4.13. The highest BCUT2D eigenvalue weighted by atomic mass is 16.3. The monoisotopic (exact) mass is 197 g/mol. The summed E-state index contributed by atoms with van der Waals surface area (Å²) in [4.78, 5) is 0. The van der Waals surface area contributed by atoms with Crippen LogP contribution in [-0.4, -0.2) is 0 Å². The fraction of sp³-hybridized carbons (Fsp3) is 0.154. The first-order valence-electron chi connectivity index (χ1n) is 4.78. The Bertz CT molecular complexity index is 532. The fourth-order valence-electron chi connectivity index (χ4n) is 1.45. The quantitative estimate of drug-likeness (QED) is 0.702. The summed E-state index contributed by atoms with van der Waals surface area (Å²) < 4.78 is 5.35. The zero-order valence-electron chi connectivity index (χ0n) is 8.74. The van der Waals surface area contributed by atoms with Crippen LogP contribution < -0.4 is 0 Å². The third-order valence-corrected chi connectivity index (χ3v) is 2.51. The molecule has 2 heteroatoms. The van der Waals surface area contributed by atoms with Gasteiger partial charge < -0.3 is 4.42 Å². The molecule has 0 aliphatic carbocycles. The van der Waals surface area contributed by atoms with Gasteiger partial charge >= 0.3 is 0 Å². The minimum absolute atomic E-state index is 0.350. The molecule has 2 nitrogen and oxygen atoms in total. The largest absolute Gasteiger partial charge is 0.446 e. The molecule has 0 saturated heterocycles. The first-order valence-corrected chi connectivity index (χ1v) is 4.78. The molecule has 0 atom stereocenters. The summed E-state index contributed by atoms with van der Waals surface area (Å²) in [5, 5.41) is 8.65. The summed E-state index contributed by atoms with van der Waals surface area (Å²) >= 11 is 0. The van der Waals surface area contributed by atoms with Crippen LogP contribution in [0.5, 0.6) is 0 Å². The highest BCUT2D eigenvalue weighted by molar-refractivity contribution is 5.60. The van der Waals surface area contributed by atoms with E-state index >= 15 is 0 Å². The van der Waals surface area contributed by atoms with Crippen molar-refractivity contribution in [3.63, 3.8) is 0 Å². The van der Waals surface area contributed by atoms with Crippen LogP contribution in [-0.2, 0) is 0 Å². The maximum atomic E-state index is 8.65. The second-order valence-electron chi connectivity index (χ2n) is 3.57. The molecule has 0 N–H and O–H groups in total. The van der Waals surface area contributed by atoms with Crippen LogP contribution in [0.25, 0.3) is 11.3 Å². The normalized spacial score (nSPS) is 9.93. The molecular weight excluding hydrogens is 186 g/mol. The van der Waals surface area contributed by atoms with Crippen molar-refractivity contribution < 1.29 is 4.42 Å². The molecule has 2 rings (SSSR count). The van der Waals surface area contributed by atoms with Gasteiger partial charge in [-0.05, 0) is 43.2 Å². The summed E-state index contributed by atoms with van der Waals surface area (Å²) in [5.74, 6) is 1.10. The zero-order chi connectivity index (χ0) is 10.8. The van der Waals surface area contributed by atoms with Crippen LogP contribution >= 0.6 is 0 Å². The van der Waals surface area contributed by atoms with Gasteiger partial charge in [0.25, 0.3) is 0 Å². The van der Waals surface area contributed by atoms with Crippen LogP contribution in [0.2, 0.25) is 0 Å². The molecular formula is C13H11NO. The smallest absolute Gasteiger partial charge is 0.204 e. The SMILES string of the molecule is Cc1ccc(-c2ccc(C#N)o2)cc1C. The van der Waals surface area contributed by atoms with E-state index in [1.165, 1.54) is 11.1 Å². The standard InChI is InChI=1S/C13H11NO/c1-9-3-4-11(7-10(9)2)13-6-5-12(8-14)15-13/h3-7H,1-2H3. The van der Waals surface area contributed by atoms with Crippen molar-refractivity contribution in [3.8, 4) is 17.4 Å². The lowest BCUT2D eigenvalue weighted by Crippen LogP contribution is -1.81. The van der Waals surface area contributed by atoms with Gasteiger partial charge in [0.05, 0.1) is 0 Å². The van der Waals surface area contributed by atoms with Crippen molar-refractivity contribution in [3.05, 3.63) is 47.2 Å². The number of rotatable bonds is 1. The van der Waals surface area contributed by atoms with Gasteiger partial charge in [0.15, 0.2) is 0 Å². The van der Waals surface area contributed by atoms with E-state index in [0.717, 1.165) is 11.3 Å². The Morgan fingerprint density at radius 1 is 1.07 bits per heavy atom. The van der Waals surface area contributed by atoms with Gasteiger partial charge in [-0.25, -0.2) is 0 Å². The molecule has 0 unspecified atom stereocenters. The number of hydrogen-bond donors (Lipinski definition) is 0. The Morgan fingerprint density at radius 3 is 2.47 bits per heavy atom. The van der Waals surface area contributed by atoms with Crippen LogP contribution in [0.15, 0.2) is 34.7 Å². The topological polar surface area (TPSA) is 36.9 Å². The zero-order valence-corrected chi connectivity index (χ0v) is 8.74. The molecule has 0 fully saturated rings. The first-order chi connectivity index (χ1) is 7.20. The number of benzene rings is 1. The van der Waals surface area contributed by atoms with Gasteiger partial charge in [0.2, 0.25) is 5.76 Å². The number of hydrogen-bond acceptors (Lipinski definition) is 2. The molecule has 15 heavy (non-hydrogen) atoms. The molecule has 2 aromatic rings. The van der Waals surface area contributed by atoms with Crippen molar-refractivity contribution in [2.45, 2.75) is 13.8 Å². The van der Waals surface area contributed by atoms with Crippen LogP contribution in [0.3, 0.4) is 0 Å². The van der Waals surface area contributed by atoms with Gasteiger partial charge in [-0.3, -0.25) is 0 Å². The molecule has 0 radical (unpaired) electrons. The maximum Gasteiger partial charge on any atom is 0.204 e. The fourth-order valence-corrected chi connectivity index (χ4v) is 1.45. The third kappa shape index (κ3) is 1.77. The molecule has 0 aliphatic heterocycles. The van der Waals surface area contributed by atoms with E-state index in [1.54, 1.807) is 6.07 Å². The van der Waals surface area contributed by atoms with Gasteiger partial charge in [0, 0.05) is 5.56 Å². The van der Waals surface area contributed by atoms with E-state index in [1.807, 2.05) is 18.2 Å². The van der Waals surface area contributed by atoms with E-state index in [-0.39, 0.29) is 0 Å². The number of furan rings is 1. The second-order valence-corrected chi connectivity index (χ2v) is 3.57. The van der Waals surface area contributed by atoms with E-state index in [4.69, 9.17) is 9.68 Å². The Kier molecular flexibility index (Phi) is 2.31. The van der Waals surface area contributed by atoms with Crippen molar-refractivity contribution in [2.24, 2.45) is 0 Å². The van der Waals surface area contributed by atoms with Crippen LogP contribution in [0.1, 0.15) is 16.9 Å². The lowest BCUT2D eigenvalue weighted by molar-refractivity contribution is 0.567. The Morgan fingerprint density at radius 2 is 1.87 bits per heavy atom. The molecule has 0 bridgehead atoms. The predicted molar refractivity (Wildman–Crippen MR) is 58.3 cm³/mol. The summed E-state index contributed by atoms with van der Waals surface area (Å²) in [5.41, 5.74) is 3.49. The van der Waals surface area contributed by atoms with Crippen molar-refractivity contribution >= 4 is 0 Å². The van der Waals surface area contributed by atoms with Crippen molar-refractivity contribution in [1.29, 1.82) is 5.26 Å². The summed E-state index contributed by atoms with van der Waals surface area (Å²) in [7, 11) is 0. The third-order valence-electron chi connectivity index (χ3n) is 2.51. The minimum Gasteiger partial charge on any atom is -0.446 e. The molecule has 0 amide bonds. The van der Waals surface area contributed by atoms with Crippen LogP contribution in [0, 0.1) is 25.2 Å². The molecule has 1 aromatic heterocycles. The predicted octanol–water partition coefficient (Wildman–Crippen LogP) is 3.44. The van der Waals surface area contributed by atoms with Gasteiger partial charge in [-0.2, -0.15) is 5.26 Å². The average molecular weight is 197 g/mol.